The highest BCUT2D eigenvalue weighted by molar-refractivity contribution is 5.84. The molecule has 0 radical (unpaired) electrons. The van der Waals surface area contributed by atoms with Crippen LogP contribution >= 0.6 is 0 Å². The first-order valence-corrected chi connectivity index (χ1v) is 7.75. The summed E-state index contributed by atoms with van der Waals surface area (Å²) in [4.78, 5) is 34.6. The Labute approximate surface area is 125 Å². The highest BCUT2D eigenvalue weighted by Gasteiger charge is 2.25. The number of carboxylic acids is 1. The largest absolute Gasteiger partial charge is 0.480 e. The highest BCUT2D eigenvalue weighted by atomic mass is 16.4. The summed E-state index contributed by atoms with van der Waals surface area (Å²) in [6.07, 6.45) is 4.82. The lowest BCUT2D eigenvalue weighted by Gasteiger charge is -2.20. The van der Waals surface area contributed by atoms with Crippen molar-refractivity contribution in [2.24, 2.45) is 11.8 Å². The molecule has 1 saturated carbocycles. The Balaban J connectivity index is 2.29. The van der Waals surface area contributed by atoms with E-state index in [-0.39, 0.29) is 36.6 Å². The number of rotatable bonds is 8. The van der Waals surface area contributed by atoms with E-state index in [1.165, 1.54) is 0 Å². The first-order chi connectivity index (χ1) is 9.95. The SMILES string of the molecule is CCC(C)[C@H](NC(=O)CCNC(=O)C1CCCC1)C(=O)O. The van der Waals surface area contributed by atoms with Crippen LogP contribution in [0.3, 0.4) is 0 Å². The number of hydrogen-bond donors (Lipinski definition) is 3. The van der Waals surface area contributed by atoms with E-state index in [0.717, 1.165) is 25.7 Å². The lowest BCUT2D eigenvalue weighted by molar-refractivity contribution is -0.143. The molecule has 0 saturated heterocycles. The normalized spacial score (nSPS) is 18.0. The molecular formula is C15H26N2O4. The quantitative estimate of drug-likeness (QED) is 0.629. The lowest BCUT2D eigenvalue weighted by Crippen LogP contribution is -2.45. The maximum absolute atomic E-state index is 11.8. The van der Waals surface area contributed by atoms with Crippen LogP contribution in [0.1, 0.15) is 52.4 Å². The van der Waals surface area contributed by atoms with Gasteiger partial charge in [0.05, 0.1) is 0 Å². The van der Waals surface area contributed by atoms with Crippen LogP contribution < -0.4 is 10.6 Å². The van der Waals surface area contributed by atoms with Gasteiger partial charge in [0.2, 0.25) is 11.8 Å². The Hall–Kier alpha value is -1.59. The second kappa shape index (κ2) is 8.64. The van der Waals surface area contributed by atoms with Crippen molar-refractivity contribution in [2.75, 3.05) is 6.54 Å². The number of carbonyl (C=O) groups is 3. The molecule has 3 N–H and O–H groups in total. The predicted octanol–water partition coefficient (Wildman–Crippen LogP) is 1.30. The maximum Gasteiger partial charge on any atom is 0.326 e. The Morgan fingerprint density at radius 2 is 1.86 bits per heavy atom. The van der Waals surface area contributed by atoms with Crippen LogP contribution in [0, 0.1) is 11.8 Å². The Bertz CT molecular complexity index is 378. The van der Waals surface area contributed by atoms with Crippen molar-refractivity contribution in [3.63, 3.8) is 0 Å². The van der Waals surface area contributed by atoms with E-state index in [1.807, 2.05) is 6.92 Å². The summed E-state index contributed by atoms with van der Waals surface area (Å²) in [5.74, 6) is -1.39. The van der Waals surface area contributed by atoms with Crippen LogP contribution in [0.15, 0.2) is 0 Å². The van der Waals surface area contributed by atoms with Gasteiger partial charge in [0.1, 0.15) is 6.04 Å². The van der Waals surface area contributed by atoms with E-state index in [9.17, 15) is 14.4 Å². The van der Waals surface area contributed by atoms with Crippen molar-refractivity contribution in [3.05, 3.63) is 0 Å². The fraction of sp³-hybridized carbons (Fsp3) is 0.800. The summed E-state index contributed by atoms with van der Waals surface area (Å²) < 4.78 is 0. The van der Waals surface area contributed by atoms with Gasteiger partial charge in [0, 0.05) is 18.9 Å². The summed E-state index contributed by atoms with van der Waals surface area (Å²) >= 11 is 0. The van der Waals surface area contributed by atoms with Crippen molar-refractivity contribution >= 4 is 17.8 Å². The Morgan fingerprint density at radius 3 is 2.38 bits per heavy atom. The molecule has 1 rings (SSSR count). The fourth-order valence-electron chi connectivity index (χ4n) is 2.56. The third-order valence-corrected chi connectivity index (χ3v) is 4.17. The molecule has 6 heteroatoms. The van der Waals surface area contributed by atoms with Gasteiger partial charge in [0.15, 0.2) is 0 Å². The third-order valence-electron chi connectivity index (χ3n) is 4.17. The molecule has 6 nitrogen and oxygen atoms in total. The molecule has 1 aliphatic carbocycles. The van der Waals surface area contributed by atoms with E-state index < -0.39 is 12.0 Å². The highest BCUT2D eigenvalue weighted by Crippen LogP contribution is 2.24. The minimum absolute atomic E-state index is 0.0111. The molecule has 0 bridgehead atoms. The molecule has 0 aromatic heterocycles. The molecule has 120 valence electrons. The van der Waals surface area contributed by atoms with Crippen LogP contribution in [0.2, 0.25) is 0 Å². The summed E-state index contributed by atoms with van der Waals surface area (Å²) in [7, 11) is 0. The second-order valence-corrected chi connectivity index (χ2v) is 5.79. The minimum Gasteiger partial charge on any atom is -0.480 e. The number of nitrogens with one attached hydrogen (secondary N) is 2. The van der Waals surface area contributed by atoms with Crippen LogP contribution in [-0.4, -0.2) is 35.5 Å². The van der Waals surface area contributed by atoms with Gasteiger partial charge in [-0.1, -0.05) is 33.1 Å². The number of amides is 2. The summed E-state index contributed by atoms with van der Waals surface area (Å²) in [6.45, 7) is 3.93. The molecule has 2 amide bonds. The van der Waals surface area contributed by atoms with Gasteiger partial charge in [0.25, 0.3) is 0 Å². The van der Waals surface area contributed by atoms with Crippen molar-refractivity contribution in [1.82, 2.24) is 10.6 Å². The van der Waals surface area contributed by atoms with Gasteiger partial charge in [-0.25, -0.2) is 4.79 Å². The molecule has 0 aliphatic heterocycles. The van der Waals surface area contributed by atoms with Crippen LogP contribution in [0.5, 0.6) is 0 Å². The number of aliphatic carboxylic acids is 1. The summed E-state index contributed by atoms with van der Waals surface area (Å²) in [5, 5.41) is 14.4. The predicted molar refractivity (Wildman–Crippen MR) is 78.6 cm³/mol. The van der Waals surface area contributed by atoms with Gasteiger partial charge in [-0.3, -0.25) is 9.59 Å². The summed E-state index contributed by atoms with van der Waals surface area (Å²) in [5.41, 5.74) is 0. The monoisotopic (exact) mass is 298 g/mol. The molecule has 0 aromatic rings. The second-order valence-electron chi connectivity index (χ2n) is 5.79. The molecule has 1 fully saturated rings. The minimum atomic E-state index is -1.02. The average molecular weight is 298 g/mol. The van der Waals surface area contributed by atoms with E-state index in [4.69, 9.17) is 5.11 Å². The molecule has 21 heavy (non-hydrogen) atoms. The van der Waals surface area contributed by atoms with Crippen molar-refractivity contribution in [3.8, 4) is 0 Å². The Kier molecular flexibility index (Phi) is 7.19. The number of hydrogen-bond acceptors (Lipinski definition) is 3. The number of carbonyl (C=O) groups excluding carboxylic acids is 2. The van der Waals surface area contributed by atoms with Gasteiger partial charge in [-0.15, -0.1) is 0 Å². The first-order valence-electron chi connectivity index (χ1n) is 7.75. The fourth-order valence-corrected chi connectivity index (χ4v) is 2.56. The van der Waals surface area contributed by atoms with Crippen molar-refractivity contribution in [2.45, 2.75) is 58.4 Å². The molecular weight excluding hydrogens is 272 g/mol. The molecule has 1 unspecified atom stereocenters. The maximum atomic E-state index is 11.8. The van der Waals surface area contributed by atoms with E-state index >= 15 is 0 Å². The van der Waals surface area contributed by atoms with Crippen molar-refractivity contribution < 1.29 is 19.5 Å². The molecule has 1 aliphatic rings. The van der Waals surface area contributed by atoms with E-state index in [2.05, 4.69) is 10.6 Å². The molecule has 0 heterocycles. The molecule has 2 atom stereocenters. The number of carboxylic acid groups (broad SMARTS) is 1. The van der Waals surface area contributed by atoms with Gasteiger partial charge >= 0.3 is 5.97 Å². The molecule has 0 spiro atoms. The standard InChI is InChI=1S/C15H26N2O4/c1-3-10(2)13(15(20)21)17-12(18)8-9-16-14(19)11-6-4-5-7-11/h10-11,13H,3-9H2,1-2H3,(H,16,19)(H,17,18)(H,20,21)/t10?,13-/m0/s1. The van der Waals surface area contributed by atoms with Crippen LogP contribution in [-0.2, 0) is 14.4 Å². The van der Waals surface area contributed by atoms with Gasteiger partial charge in [-0.2, -0.15) is 0 Å². The van der Waals surface area contributed by atoms with E-state index in [1.54, 1.807) is 6.92 Å². The Morgan fingerprint density at radius 1 is 1.24 bits per heavy atom. The van der Waals surface area contributed by atoms with Gasteiger partial charge in [-0.05, 0) is 18.8 Å². The van der Waals surface area contributed by atoms with Gasteiger partial charge < -0.3 is 15.7 Å². The lowest BCUT2D eigenvalue weighted by atomic mass is 9.99. The van der Waals surface area contributed by atoms with E-state index in [0.29, 0.717) is 6.42 Å². The summed E-state index contributed by atoms with van der Waals surface area (Å²) in [6, 6.07) is -0.868. The zero-order valence-electron chi connectivity index (χ0n) is 12.9. The zero-order chi connectivity index (χ0) is 15.8. The zero-order valence-corrected chi connectivity index (χ0v) is 12.9. The van der Waals surface area contributed by atoms with Crippen LogP contribution in [0.4, 0.5) is 0 Å². The smallest absolute Gasteiger partial charge is 0.326 e. The van der Waals surface area contributed by atoms with Crippen molar-refractivity contribution in [1.29, 1.82) is 0 Å². The van der Waals surface area contributed by atoms with Crippen LogP contribution in [0.25, 0.3) is 0 Å². The third kappa shape index (κ3) is 5.73. The topological polar surface area (TPSA) is 95.5 Å². The molecule has 0 aromatic carbocycles. The average Bonchev–Trinajstić information content (AvgIpc) is 2.97. The first kappa shape index (κ1) is 17.5.